The Morgan fingerprint density at radius 2 is 2.07 bits per heavy atom. The lowest BCUT2D eigenvalue weighted by Gasteiger charge is -2.29. The summed E-state index contributed by atoms with van der Waals surface area (Å²) in [5.41, 5.74) is 2.26. The Hall–Kier alpha value is -2.18. The number of morpholine rings is 1. The predicted molar refractivity (Wildman–Crippen MR) is 110 cm³/mol. The average Bonchev–Trinajstić information content (AvgIpc) is 2.92. The first kappa shape index (κ1) is 20.6. The maximum atomic E-state index is 14.5. The highest BCUT2D eigenvalue weighted by atomic mass is 35.5. The first-order valence-corrected chi connectivity index (χ1v) is 9.82. The van der Waals surface area contributed by atoms with Crippen molar-refractivity contribution >= 4 is 29.1 Å². The SMILES string of the molecule is Cc1nn(CC(C)C)c(Cl)c1C=CC(=O)c1ccc(N2CCOCC2)c(F)c1. The van der Waals surface area contributed by atoms with E-state index < -0.39 is 5.82 Å². The minimum atomic E-state index is -0.403. The van der Waals surface area contributed by atoms with Crippen molar-refractivity contribution < 1.29 is 13.9 Å². The van der Waals surface area contributed by atoms with Crippen molar-refractivity contribution in [2.75, 3.05) is 31.2 Å². The number of hydrogen-bond acceptors (Lipinski definition) is 4. The molecule has 0 saturated carbocycles. The van der Waals surface area contributed by atoms with Crippen molar-refractivity contribution in [3.05, 3.63) is 52.1 Å². The second kappa shape index (κ2) is 8.88. The summed E-state index contributed by atoms with van der Waals surface area (Å²) in [6.45, 7) is 9.16. The van der Waals surface area contributed by atoms with Gasteiger partial charge in [-0.05, 0) is 43.2 Å². The number of rotatable bonds is 6. The number of ketones is 1. The fourth-order valence-electron chi connectivity index (χ4n) is 3.20. The van der Waals surface area contributed by atoms with Gasteiger partial charge >= 0.3 is 0 Å². The maximum absolute atomic E-state index is 14.5. The number of ether oxygens (including phenoxy) is 1. The average molecular weight is 406 g/mol. The Morgan fingerprint density at radius 3 is 2.71 bits per heavy atom. The number of aryl methyl sites for hydroxylation is 1. The van der Waals surface area contributed by atoms with Crippen LogP contribution in [0.1, 0.15) is 35.5 Å². The zero-order valence-corrected chi connectivity index (χ0v) is 17.2. The van der Waals surface area contributed by atoms with Crippen molar-refractivity contribution in [1.29, 1.82) is 0 Å². The van der Waals surface area contributed by atoms with Crippen molar-refractivity contribution in [1.82, 2.24) is 9.78 Å². The van der Waals surface area contributed by atoms with Gasteiger partial charge in [0.25, 0.3) is 0 Å². The lowest BCUT2D eigenvalue weighted by atomic mass is 10.1. The molecular weight excluding hydrogens is 381 g/mol. The van der Waals surface area contributed by atoms with Crippen molar-refractivity contribution in [2.45, 2.75) is 27.3 Å². The summed E-state index contributed by atoms with van der Waals surface area (Å²) in [5.74, 6) is -0.275. The summed E-state index contributed by atoms with van der Waals surface area (Å²) in [6, 6.07) is 4.59. The van der Waals surface area contributed by atoms with Crippen LogP contribution in [-0.4, -0.2) is 41.9 Å². The van der Waals surface area contributed by atoms with Gasteiger partial charge in [0.2, 0.25) is 0 Å². The van der Waals surface area contributed by atoms with Gasteiger partial charge in [-0.1, -0.05) is 25.4 Å². The molecule has 28 heavy (non-hydrogen) atoms. The van der Waals surface area contributed by atoms with E-state index in [1.165, 1.54) is 12.1 Å². The van der Waals surface area contributed by atoms with Crippen LogP contribution in [0.4, 0.5) is 10.1 Å². The number of carbonyl (C=O) groups is 1. The van der Waals surface area contributed by atoms with Crippen LogP contribution < -0.4 is 4.90 Å². The lowest BCUT2D eigenvalue weighted by Crippen LogP contribution is -2.36. The van der Waals surface area contributed by atoms with Crippen LogP contribution in [0.25, 0.3) is 6.08 Å². The summed E-state index contributed by atoms with van der Waals surface area (Å²) in [7, 11) is 0. The number of halogens is 2. The van der Waals surface area contributed by atoms with E-state index >= 15 is 0 Å². The number of hydrogen-bond donors (Lipinski definition) is 0. The van der Waals surface area contributed by atoms with Crippen molar-refractivity contribution in [3.63, 3.8) is 0 Å². The second-order valence-corrected chi connectivity index (χ2v) is 7.69. The Bertz CT molecular complexity index is 886. The Morgan fingerprint density at radius 1 is 1.36 bits per heavy atom. The molecule has 1 aliphatic heterocycles. The third-order valence-corrected chi connectivity index (χ3v) is 5.03. The normalized spacial score (nSPS) is 15.0. The van der Waals surface area contributed by atoms with Crippen molar-refractivity contribution in [3.8, 4) is 0 Å². The highest BCUT2D eigenvalue weighted by Crippen LogP contribution is 2.24. The smallest absolute Gasteiger partial charge is 0.185 e. The number of anilines is 1. The van der Waals surface area contributed by atoms with E-state index in [0.29, 0.717) is 60.7 Å². The van der Waals surface area contributed by atoms with Gasteiger partial charge in [-0.15, -0.1) is 0 Å². The Kier molecular flexibility index (Phi) is 6.52. The fourth-order valence-corrected chi connectivity index (χ4v) is 3.51. The van der Waals surface area contributed by atoms with Gasteiger partial charge < -0.3 is 9.64 Å². The number of aromatic nitrogens is 2. The molecule has 0 radical (unpaired) electrons. The molecule has 3 rings (SSSR count). The van der Waals surface area contributed by atoms with E-state index in [1.54, 1.807) is 22.9 Å². The molecule has 7 heteroatoms. The molecule has 2 aromatic rings. The molecule has 1 aromatic carbocycles. The van der Waals surface area contributed by atoms with Crippen LogP contribution in [0.2, 0.25) is 5.15 Å². The topological polar surface area (TPSA) is 47.4 Å². The van der Waals surface area contributed by atoms with Gasteiger partial charge in [0.15, 0.2) is 5.78 Å². The first-order chi connectivity index (χ1) is 13.4. The monoisotopic (exact) mass is 405 g/mol. The molecule has 0 atom stereocenters. The highest BCUT2D eigenvalue weighted by molar-refractivity contribution is 6.31. The highest BCUT2D eigenvalue weighted by Gasteiger charge is 2.17. The first-order valence-electron chi connectivity index (χ1n) is 9.44. The van der Waals surface area contributed by atoms with Crippen LogP contribution in [0.15, 0.2) is 24.3 Å². The molecule has 0 spiro atoms. The number of benzene rings is 1. The van der Waals surface area contributed by atoms with Gasteiger partial charge in [0.05, 0.1) is 24.6 Å². The van der Waals surface area contributed by atoms with E-state index in [0.717, 1.165) is 5.69 Å². The van der Waals surface area contributed by atoms with Crippen LogP contribution in [0, 0.1) is 18.7 Å². The third kappa shape index (κ3) is 4.62. The van der Waals surface area contributed by atoms with Gasteiger partial charge in [-0.25, -0.2) is 4.39 Å². The van der Waals surface area contributed by atoms with Crippen LogP contribution >= 0.6 is 11.6 Å². The molecule has 1 fully saturated rings. The molecule has 5 nitrogen and oxygen atoms in total. The standard InChI is InChI=1S/C21H25ClFN3O2/c1-14(2)13-26-21(22)17(15(3)24-26)5-7-20(27)16-4-6-19(18(23)12-16)25-8-10-28-11-9-25/h4-7,12,14H,8-11,13H2,1-3H3. The molecule has 0 bridgehead atoms. The molecular formula is C21H25ClFN3O2. The molecule has 0 aliphatic carbocycles. The zero-order chi connectivity index (χ0) is 20.3. The number of nitrogens with zero attached hydrogens (tertiary/aromatic N) is 3. The molecule has 1 aromatic heterocycles. The minimum absolute atomic E-state index is 0.278. The predicted octanol–water partition coefficient (Wildman–Crippen LogP) is 4.37. The number of carbonyl (C=O) groups excluding carboxylic acids is 1. The largest absolute Gasteiger partial charge is 0.378 e. The third-order valence-electron chi connectivity index (χ3n) is 4.63. The Balaban J connectivity index is 1.76. The minimum Gasteiger partial charge on any atom is -0.378 e. The lowest BCUT2D eigenvalue weighted by molar-refractivity contribution is 0.104. The van der Waals surface area contributed by atoms with Gasteiger partial charge in [0.1, 0.15) is 11.0 Å². The fraction of sp³-hybridized carbons (Fsp3) is 0.429. The van der Waals surface area contributed by atoms with Gasteiger partial charge in [-0.3, -0.25) is 9.48 Å². The second-order valence-electron chi connectivity index (χ2n) is 7.33. The number of allylic oxidation sites excluding steroid dienone is 1. The summed E-state index contributed by atoms with van der Waals surface area (Å²) in [6.07, 6.45) is 3.07. The van der Waals surface area contributed by atoms with Crippen molar-refractivity contribution in [2.24, 2.45) is 5.92 Å². The summed E-state index contributed by atoms with van der Waals surface area (Å²) in [4.78, 5) is 14.4. The van der Waals surface area contributed by atoms with Crippen LogP contribution in [0.3, 0.4) is 0 Å². The Labute approximate surface area is 169 Å². The van der Waals surface area contributed by atoms with E-state index in [1.807, 2.05) is 11.8 Å². The quantitative estimate of drug-likeness (QED) is 0.528. The molecule has 1 aliphatic rings. The molecule has 1 saturated heterocycles. The molecule has 2 heterocycles. The summed E-state index contributed by atoms with van der Waals surface area (Å²) >= 11 is 6.40. The van der Waals surface area contributed by atoms with Crippen LogP contribution in [0.5, 0.6) is 0 Å². The van der Waals surface area contributed by atoms with Crippen LogP contribution in [-0.2, 0) is 11.3 Å². The summed E-state index contributed by atoms with van der Waals surface area (Å²) in [5, 5.41) is 4.93. The molecule has 0 unspecified atom stereocenters. The van der Waals surface area contributed by atoms with Gasteiger partial charge in [-0.2, -0.15) is 5.10 Å². The van der Waals surface area contributed by atoms with E-state index in [4.69, 9.17) is 16.3 Å². The molecule has 150 valence electrons. The van der Waals surface area contributed by atoms with E-state index in [2.05, 4.69) is 18.9 Å². The zero-order valence-electron chi connectivity index (χ0n) is 16.4. The maximum Gasteiger partial charge on any atom is 0.185 e. The molecule has 0 N–H and O–H groups in total. The van der Waals surface area contributed by atoms with E-state index in [9.17, 15) is 9.18 Å². The van der Waals surface area contributed by atoms with Gasteiger partial charge in [0, 0.05) is 30.8 Å². The summed E-state index contributed by atoms with van der Waals surface area (Å²) < 4.78 is 21.6. The van der Waals surface area contributed by atoms with E-state index in [-0.39, 0.29) is 5.78 Å². The molecule has 0 amide bonds.